The normalized spacial score (nSPS) is 18.6. The second kappa shape index (κ2) is 10.4. The molecule has 0 amide bonds. The zero-order valence-corrected chi connectivity index (χ0v) is 22.9. The molecule has 4 rings (SSSR count). The molecule has 0 saturated heterocycles. The van der Waals surface area contributed by atoms with E-state index in [1.54, 1.807) is 37.3 Å². The van der Waals surface area contributed by atoms with Crippen molar-refractivity contribution in [1.82, 2.24) is 8.96 Å². The zero-order valence-electron chi connectivity index (χ0n) is 21.2. The molecule has 1 fully saturated rings. The lowest BCUT2D eigenvalue weighted by molar-refractivity contribution is 0.0526. The topological polar surface area (TPSA) is 125 Å². The number of ether oxygens (including phenoxy) is 1. The molecule has 12 heteroatoms. The number of anilines is 1. The monoisotopic (exact) mass is 549 g/mol. The second-order valence-corrected chi connectivity index (χ2v) is 12.7. The predicted molar refractivity (Wildman–Crippen MR) is 140 cm³/mol. The smallest absolute Gasteiger partial charge is 0.341 e. The number of rotatable bonds is 8. The van der Waals surface area contributed by atoms with Crippen molar-refractivity contribution in [3.63, 3.8) is 0 Å². The van der Waals surface area contributed by atoms with Crippen molar-refractivity contribution in [3.05, 3.63) is 53.9 Å². The standard InChI is InChI=1S/C25H31N3O7S2/c1-5-34-25(29)22-16-26-24-21(14-15-28(24)37(32,33)20-12-6-17(2)7-13-20)23(22)27(3)18-8-10-19(11-9-18)35-36(4,30)31/h6-7,12-16,18-19H,5,8-11H2,1-4H3. The molecule has 0 unspecified atom stereocenters. The minimum absolute atomic E-state index is 0.0322. The third-order valence-electron chi connectivity index (χ3n) is 6.58. The van der Waals surface area contributed by atoms with Gasteiger partial charge >= 0.3 is 5.97 Å². The van der Waals surface area contributed by atoms with E-state index in [2.05, 4.69) is 4.98 Å². The zero-order chi connectivity index (χ0) is 27.0. The fraction of sp³-hybridized carbons (Fsp3) is 0.440. The average Bonchev–Trinajstić information content (AvgIpc) is 3.28. The molecule has 1 aliphatic carbocycles. The summed E-state index contributed by atoms with van der Waals surface area (Å²) in [4.78, 5) is 19.3. The number of hydrogen-bond acceptors (Lipinski definition) is 9. The highest BCUT2D eigenvalue weighted by Gasteiger charge is 2.31. The van der Waals surface area contributed by atoms with Crippen LogP contribution in [0.1, 0.15) is 48.5 Å². The summed E-state index contributed by atoms with van der Waals surface area (Å²) < 4.78 is 61.5. The van der Waals surface area contributed by atoms with Gasteiger partial charge in [0.2, 0.25) is 0 Å². The summed E-state index contributed by atoms with van der Waals surface area (Å²) in [5, 5.41) is 0.498. The third-order valence-corrected chi connectivity index (χ3v) is 8.88. The number of benzene rings is 1. The highest BCUT2D eigenvalue weighted by Crippen LogP contribution is 2.36. The van der Waals surface area contributed by atoms with Crippen molar-refractivity contribution in [3.8, 4) is 0 Å². The summed E-state index contributed by atoms with van der Waals surface area (Å²) >= 11 is 0. The molecule has 0 atom stereocenters. The number of carbonyl (C=O) groups excluding carboxylic acids is 1. The van der Waals surface area contributed by atoms with E-state index in [4.69, 9.17) is 8.92 Å². The van der Waals surface area contributed by atoms with Gasteiger partial charge in [0.05, 0.1) is 29.5 Å². The summed E-state index contributed by atoms with van der Waals surface area (Å²) in [5.74, 6) is -0.554. The summed E-state index contributed by atoms with van der Waals surface area (Å²) in [6.07, 6.45) is 5.78. The molecule has 3 aromatic rings. The molecule has 0 aliphatic heterocycles. The summed E-state index contributed by atoms with van der Waals surface area (Å²) in [6.45, 7) is 3.76. The maximum Gasteiger partial charge on any atom is 0.341 e. The molecule has 1 aromatic carbocycles. The number of carbonyl (C=O) groups is 1. The SMILES string of the molecule is CCOC(=O)c1cnc2c(ccn2S(=O)(=O)c2ccc(C)cc2)c1N(C)C1CCC(OS(C)(=O)=O)CC1. The van der Waals surface area contributed by atoms with E-state index in [-0.39, 0.29) is 34.9 Å². The average molecular weight is 550 g/mol. The first-order chi connectivity index (χ1) is 17.4. The van der Waals surface area contributed by atoms with E-state index in [9.17, 15) is 21.6 Å². The van der Waals surface area contributed by atoms with E-state index < -0.39 is 26.1 Å². The molecule has 0 spiro atoms. The van der Waals surface area contributed by atoms with Crippen LogP contribution in [-0.4, -0.2) is 63.8 Å². The summed E-state index contributed by atoms with van der Waals surface area (Å²) in [6, 6.07) is 8.17. The van der Waals surface area contributed by atoms with Crippen LogP contribution in [0.4, 0.5) is 5.69 Å². The third kappa shape index (κ3) is 5.65. The number of pyridine rings is 1. The maximum absolute atomic E-state index is 13.4. The highest BCUT2D eigenvalue weighted by molar-refractivity contribution is 7.90. The lowest BCUT2D eigenvalue weighted by Gasteiger charge is -2.36. The second-order valence-electron chi connectivity index (χ2n) is 9.25. The molecule has 2 aromatic heterocycles. The van der Waals surface area contributed by atoms with Crippen molar-refractivity contribution in [2.75, 3.05) is 24.8 Å². The van der Waals surface area contributed by atoms with Gasteiger partial charge in [-0.25, -0.2) is 22.2 Å². The number of aromatic nitrogens is 2. The van der Waals surface area contributed by atoms with Gasteiger partial charge in [0.15, 0.2) is 5.65 Å². The fourth-order valence-electron chi connectivity index (χ4n) is 4.76. The number of nitrogens with zero attached hydrogens (tertiary/aromatic N) is 3. The van der Waals surface area contributed by atoms with Crippen molar-refractivity contribution in [2.45, 2.75) is 56.6 Å². The van der Waals surface area contributed by atoms with E-state index >= 15 is 0 Å². The van der Waals surface area contributed by atoms with Crippen LogP contribution in [-0.2, 0) is 29.1 Å². The Morgan fingerprint density at radius 3 is 2.32 bits per heavy atom. The molecule has 0 radical (unpaired) electrons. The number of aryl methyl sites for hydroxylation is 1. The van der Waals surface area contributed by atoms with Gasteiger partial charge in [-0.2, -0.15) is 8.42 Å². The van der Waals surface area contributed by atoms with Crippen LogP contribution in [0, 0.1) is 6.92 Å². The maximum atomic E-state index is 13.4. The first-order valence-electron chi connectivity index (χ1n) is 12.0. The Labute approximate surface area is 217 Å². The predicted octanol–water partition coefficient (Wildman–Crippen LogP) is 3.48. The fourth-order valence-corrected chi connectivity index (χ4v) is 6.75. The van der Waals surface area contributed by atoms with Gasteiger partial charge in [0.1, 0.15) is 5.56 Å². The first kappa shape index (κ1) is 27.1. The lowest BCUT2D eigenvalue weighted by atomic mass is 9.91. The molecule has 1 saturated carbocycles. The Morgan fingerprint density at radius 2 is 1.73 bits per heavy atom. The van der Waals surface area contributed by atoms with Gasteiger partial charge in [-0.3, -0.25) is 4.18 Å². The van der Waals surface area contributed by atoms with Crippen LogP contribution in [0.3, 0.4) is 0 Å². The van der Waals surface area contributed by atoms with Crippen LogP contribution in [0.15, 0.2) is 47.6 Å². The van der Waals surface area contributed by atoms with Crippen molar-refractivity contribution >= 4 is 42.8 Å². The van der Waals surface area contributed by atoms with Crippen LogP contribution in [0.5, 0.6) is 0 Å². The van der Waals surface area contributed by atoms with Crippen molar-refractivity contribution < 1.29 is 30.6 Å². The van der Waals surface area contributed by atoms with Gasteiger partial charge in [-0.05, 0) is 57.7 Å². The van der Waals surface area contributed by atoms with Gasteiger partial charge in [-0.1, -0.05) is 17.7 Å². The molecule has 2 heterocycles. The van der Waals surface area contributed by atoms with Gasteiger partial charge < -0.3 is 9.64 Å². The van der Waals surface area contributed by atoms with Gasteiger partial charge in [0.25, 0.3) is 20.1 Å². The quantitative estimate of drug-likeness (QED) is 0.307. The number of fused-ring (bicyclic) bond motifs is 1. The van der Waals surface area contributed by atoms with E-state index in [0.717, 1.165) is 15.8 Å². The number of esters is 1. The van der Waals surface area contributed by atoms with E-state index in [0.29, 0.717) is 36.8 Å². The van der Waals surface area contributed by atoms with Gasteiger partial charge in [-0.15, -0.1) is 0 Å². The van der Waals surface area contributed by atoms with Crippen LogP contribution >= 0.6 is 0 Å². The summed E-state index contributed by atoms with van der Waals surface area (Å²) in [7, 11) is -5.64. The molecule has 1 aliphatic rings. The molecule has 0 N–H and O–H groups in total. The molecule has 37 heavy (non-hydrogen) atoms. The molecular weight excluding hydrogens is 518 g/mol. The van der Waals surface area contributed by atoms with Gasteiger partial charge in [0, 0.05) is 30.9 Å². The Hall–Kier alpha value is -2.96. The Morgan fingerprint density at radius 1 is 1.08 bits per heavy atom. The molecule has 200 valence electrons. The van der Waals surface area contributed by atoms with Crippen LogP contribution < -0.4 is 4.90 Å². The Kier molecular flexibility index (Phi) is 7.63. The largest absolute Gasteiger partial charge is 0.462 e. The minimum atomic E-state index is -3.93. The highest BCUT2D eigenvalue weighted by atomic mass is 32.2. The van der Waals surface area contributed by atoms with Crippen molar-refractivity contribution in [1.29, 1.82) is 0 Å². The van der Waals surface area contributed by atoms with Crippen LogP contribution in [0.2, 0.25) is 0 Å². The first-order valence-corrected chi connectivity index (χ1v) is 15.3. The molecule has 10 nitrogen and oxygen atoms in total. The Balaban J connectivity index is 1.75. The Bertz CT molecular complexity index is 1510. The molecule has 0 bridgehead atoms. The van der Waals surface area contributed by atoms with Crippen LogP contribution in [0.25, 0.3) is 11.0 Å². The number of hydrogen-bond donors (Lipinski definition) is 0. The lowest BCUT2D eigenvalue weighted by Crippen LogP contribution is -2.38. The van der Waals surface area contributed by atoms with Crippen molar-refractivity contribution in [2.24, 2.45) is 0 Å². The van der Waals surface area contributed by atoms with E-state index in [1.807, 2.05) is 18.9 Å². The minimum Gasteiger partial charge on any atom is -0.462 e. The summed E-state index contributed by atoms with van der Waals surface area (Å²) in [5.41, 5.74) is 1.89. The van der Waals surface area contributed by atoms with E-state index in [1.165, 1.54) is 12.4 Å². The molecular formula is C25H31N3O7S2.